The minimum Gasteiger partial charge on any atom is -0.382 e. The number of benzene rings is 1. The number of rotatable bonds is 2. The van der Waals surface area contributed by atoms with E-state index in [1.54, 1.807) is 13.8 Å². The van der Waals surface area contributed by atoms with Gasteiger partial charge >= 0.3 is 6.18 Å². The van der Waals surface area contributed by atoms with Crippen LogP contribution in [0.1, 0.15) is 39.4 Å². The van der Waals surface area contributed by atoms with Crippen molar-refractivity contribution in [3.05, 3.63) is 33.4 Å². The maximum Gasteiger partial charge on any atom is 0.416 e. The zero-order valence-corrected chi connectivity index (χ0v) is 11.8. The van der Waals surface area contributed by atoms with Crippen molar-refractivity contribution < 1.29 is 18.3 Å². The molecule has 19 heavy (non-hydrogen) atoms. The lowest BCUT2D eigenvalue weighted by Crippen LogP contribution is -2.39. The standard InChI is InChI=1S/C14H20F3NO/c1-6-7(2)9(4)11(10(5)8(6)3)12(18)13(19)14(15,16)17/h12-13,19H,18H2,1-5H3/t12-,13-/m0/s1. The van der Waals surface area contributed by atoms with Crippen molar-refractivity contribution in [3.63, 3.8) is 0 Å². The van der Waals surface area contributed by atoms with E-state index in [1.807, 2.05) is 20.8 Å². The molecule has 1 rings (SSSR count). The molecular formula is C14H20F3NO. The number of alkyl halides is 3. The first-order chi connectivity index (χ1) is 8.50. The summed E-state index contributed by atoms with van der Waals surface area (Å²) in [6, 6.07) is -1.46. The summed E-state index contributed by atoms with van der Waals surface area (Å²) in [7, 11) is 0. The highest BCUT2D eigenvalue weighted by Crippen LogP contribution is 2.35. The molecule has 0 unspecified atom stereocenters. The molecule has 0 aliphatic heterocycles. The first kappa shape index (κ1) is 16.0. The zero-order valence-electron chi connectivity index (χ0n) is 11.8. The Labute approximate surface area is 111 Å². The van der Waals surface area contributed by atoms with Gasteiger partial charge in [-0.2, -0.15) is 13.2 Å². The van der Waals surface area contributed by atoms with E-state index >= 15 is 0 Å². The molecule has 0 saturated heterocycles. The molecule has 0 amide bonds. The van der Waals surface area contributed by atoms with E-state index in [1.165, 1.54) is 0 Å². The van der Waals surface area contributed by atoms with Crippen LogP contribution in [0.4, 0.5) is 13.2 Å². The average Bonchev–Trinajstić information content (AvgIpc) is 2.31. The summed E-state index contributed by atoms with van der Waals surface area (Å²) in [4.78, 5) is 0. The summed E-state index contributed by atoms with van der Waals surface area (Å²) in [6.45, 7) is 9.13. The fourth-order valence-electron chi connectivity index (χ4n) is 2.39. The maximum atomic E-state index is 12.6. The normalized spacial score (nSPS) is 15.5. The van der Waals surface area contributed by atoms with E-state index in [0.717, 1.165) is 27.8 Å². The molecule has 1 aromatic rings. The van der Waals surface area contributed by atoms with Crippen LogP contribution in [-0.2, 0) is 0 Å². The van der Waals surface area contributed by atoms with Crippen molar-refractivity contribution in [1.82, 2.24) is 0 Å². The third kappa shape index (κ3) is 2.77. The molecule has 3 N–H and O–H groups in total. The van der Waals surface area contributed by atoms with Crippen LogP contribution in [0.5, 0.6) is 0 Å². The van der Waals surface area contributed by atoms with E-state index < -0.39 is 18.3 Å². The quantitative estimate of drug-likeness (QED) is 0.871. The van der Waals surface area contributed by atoms with E-state index in [9.17, 15) is 18.3 Å². The van der Waals surface area contributed by atoms with Crippen LogP contribution in [0.3, 0.4) is 0 Å². The second kappa shape index (κ2) is 5.13. The van der Waals surface area contributed by atoms with Crippen molar-refractivity contribution in [3.8, 4) is 0 Å². The molecule has 0 radical (unpaired) electrons. The molecule has 108 valence electrons. The molecule has 0 aromatic heterocycles. The smallest absolute Gasteiger partial charge is 0.382 e. The zero-order chi connectivity index (χ0) is 15.1. The third-order valence-corrected chi connectivity index (χ3v) is 4.07. The highest BCUT2D eigenvalue weighted by Gasteiger charge is 2.43. The number of hydrogen-bond acceptors (Lipinski definition) is 2. The minimum atomic E-state index is -4.72. The van der Waals surface area contributed by atoms with E-state index in [2.05, 4.69) is 0 Å². The van der Waals surface area contributed by atoms with E-state index in [4.69, 9.17) is 5.73 Å². The fourth-order valence-corrected chi connectivity index (χ4v) is 2.39. The predicted molar refractivity (Wildman–Crippen MR) is 69.1 cm³/mol. The van der Waals surface area contributed by atoms with Gasteiger partial charge in [-0.3, -0.25) is 0 Å². The van der Waals surface area contributed by atoms with Gasteiger partial charge in [0.1, 0.15) is 0 Å². The molecule has 0 aliphatic carbocycles. The lowest BCUT2D eigenvalue weighted by molar-refractivity contribution is -0.210. The Kier molecular flexibility index (Phi) is 4.32. The summed E-state index contributed by atoms with van der Waals surface area (Å²) < 4.78 is 37.8. The molecule has 0 saturated carbocycles. The lowest BCUT2D eigenvalue weighted by atomic mass is 9.85. The number of aliphatic hydroxyl groups is 1. The summed E-state index contributed by atoms with van der Waals surface area (Å²) in [6.07, 6.45) is -7.27. The molecule has 0 aliphatic rings. The van der Waals surface area contributed by atoms with Gasteiger partial charge < -0.3 is 10.8 Å². The van der Waals surface area contributed by atoms with E-state index in [-0.39, 0.29) is 0 Å². The van der Waals surface area contributed by atoms with Crippen LogP contribution in [0.15, 0.2) is 0 Å². The Morgan fingerprint density at radius 1 is 0.842 bits per heavy atom. The van der Waals surface area contributed by atoms with Crippen molar-refractivity contribution in [2.24, 2.45) is 5.73 Å². The van der Waals surface area contributed by atoms with Crippen molar-refractivity contribution >= 4 is 0 Å². The van der Waals surface area contributed by atoms with Gasteiger partial charge in [0.15, 0.2) is 6.10 Å². The highest BCUT2D eigenvalue weighted by atomic mass is 19.4. The highest BCUT2D eigenvalue weighted by molar-refractivity contribution is 5.51. The molecule has 0 spiro atoms. The van der Waals surface area contributed by atoms with Gasteiger partial charge in [-0.15, -0.1) is 0 Å². The Bertz CT molecular complexity index is 465. The average molecular weight is 275 g/mol. The van der Waals surface area contributed by atoms with Crippen LogP contribution >= 0.6 is 0 Å². The molecule has 5 heteroatoms. The largest absolute Gasteiger partial charge is 0.416 e. The lowest BCUT2D eigenvalue weighted by Gasteiger charge is -2.27. The molecule has 0 bridgehead atoms. The molecule has 0 fully saturated rings. The van der Waals surface area contributed by atoms with Gasteiger partial charge in [-0.25, -0.2) is 0 Å². The van der Waals surface area contributed by atoms with Crippen LogP contribution in [0.2, 0.25) is 0 Å². The Morgan fingerprint density at radius 3 is 1.47 bits per heavy atom. The maximum absolute atomic E-state index is 12.6. The SMILES string of the molecule is Cc1c(C)c(C)c([C@H](N)[C@H](O)C(F)(F)F)c(C)c1C. The Morgan fingerprint density at radius 2 is 1.16 bits per heavy atom. The first-order valence-electron chi connectivity index (χ1n) is 6.07. The van der Waals surface area contributed by atoms with Crippen molar-refractivity contribution in [1.29, 1.82) is 0 Å². The van der Waals surface area contributed by atoms with Crippen LogP contribution in [0, 0.1) is 34.6 Å². The predicted octanol–water partition coefficient (Wildman–Crippen LogP) is 3.15. The molecule has 2 atom stereocenters. The fraction of sp³-hybridized carbons (Fsp3) is 0.571. The summed E-state index contributed by atoms with van der Waals surface area (Å²) in [5, 5.41) is 9.36. The Balaban J connectivity index is 3.44. The number of hydrogen-bond donors (Lipinski definition) is 2. The monoisotopic (exact) mass is 275 g/mol. The number of aliphatic hydroxyl groups excluding tert-OH is 1. The topological polar surface area (TPSA) is 46.2 Å². The third-order valence-electron chi connectivity index (χ3n) is 4.07. The molecule has 0 heterocycles. The van der Waals surface area contributed by atoms with Crippen molar-refractivity contribution in [2.45, 2.75) is 52.9 Å². The minimum absolute atomic E-state index is 0.394. The van der Waals surface area contributed by atoms with Crippen molar-refractivity contribution in [2.75, 3.05) is 0 Å². The summed E-state index contributed by atoms with van der Waals surface area (Å²) >= 11 is 0. The molecule has 2 nitrogen and oxygen atoms in total. The van der Waals surface area contributed by atoms with Gasteiger partial charge in [0.2, 0.25) is 0 Å². The van der Waals surface area contributed by atoms with Crippen LogP contribution in [-0.4, -0.2) is 17.4 Å². The van der Waals surface area contributed by atoms with Crippen LogP contribution < -0.4 is 5.73 Å². The van der Waals surface area contributed by atoms with Gasteiger partial charge in [0.05, 0.1) is 6.04 Å². The summed E-state index contributed by atoms with van der Waals surface area (Å²) in [5.74, 6) is 0. The summed E-state index contributed by atoms with van der Waals surface area (Å²) in [5.41, 5.74) is 10.4. The van der Waals surface area contributed by atoms with Gasteiger partial charge in [0.25, 0.3) is 0 Å². The second-order valence-corrected chi connectivity index (χ2v) is 5.05. The van der Waals surface area contributed by atoms with Gasteiger partial charge in [-0.05, 0) is 68.0 Å². The second-order valence-electron chi connectivity index (χ2n) is 5.05. The van der Waals surface area contributed by atoms with Gasteiger partial charge in [-0.1, -0.05) is 0 Å². The molecule has 1 aromatic carbocycles. The van der Waals surface area contributed by atoms with Crippen LogP contribution in [0.25, 0.3) is 0 Å². The Hall–Kier alpha value is -1.07. The number of nitrogens with two attached hydrogens (primary N) is 1. The van der Waals surface area contributed by atoms with E-state index in [0.29, 0.717) is 5.56 Å². The first-order valence-corrected chi connectivity index (χ1v) is 6.07. The number of halogens is 3. The van der Waals surface area contributed by atoms with Gasteiger partial charge in [0, 0.05) is 0 Å². The molecular weight excluding hydrogens is 255 g/mol.